The average molecular weight is 244 g/mol. The number of hydrogen-bond donors (Lipinski definition) is 0. The Hall–Kier alpha value is -2.17. The predicted octanol–water partition coefficient (Wildman–Crippen LogP) is -0.868. The van der Waals surface area contributed by atoms with Crippen LogP contribution in [0.3, 0.4) is 0 Å². The first-order valence-electron chi connectivity index (χ1n) is 5.78. The Kier molecular flexibility index (Phi) is 3.41. The summed E-state index contributed by atoms with van der Waals surface area (Å²) < 4.78 is 0. The summed E-state index contributed by atoms with van der Waals surface area (Å²) in [7, 11) is 0. The Labute approximate surface area is 106 Å². The molecule has 0 N–H and O–H groups in total. The number of amides is 1. The summed E-state index contributed by atoms with van der Waals surface area (Å²) in [6.45, 7) is 14.1. The molecule has 1 aliphatic heterocycles. The molecular formula is C13H16N4O. The van der Waals surface area contributed by atoms with Gasteiger partial charge in [0.15, 0.2) is 0 Å². The van der Waals surface area contributed by atoms with Crippen molar-refractivity contribution >= 4 is 24.9 Å². The molecule has 2 heterocycles. The fourth-order valence-electron chi connectivity index (χ4n) is 1.98. The van der Waals surface area contributed by atoms with Gasteiger partial charge in [-0.2, -0.15) is 0 Å². The van der Waals surface area contributed by atoms with Crippen molar-refractivity contribution in [1.82, 2.24) is 14.9 Å². The molecule has 5 heteroatoms. The van der Waals surface area contributed by atoms with E-state index in [0.29, 0.717) is 18.4 Å². The third kappa shape index (κ3) is 2.25. The zero-order valence-electron chi connectivity index (χ0n) is 10.3. The van der Waals surface area contributed by atoms with Crippen LogP contribution in [-0.4, -0.2) is 47.0 Å². The molecule has 1 saturated heterocycles. The van der Waals surface area contributed by atoms with Gasteiger partial charge in [-0.15, -0.1) is 0 Å². The molecule has 18 heavy (non-hydrogen) atoms. The van der Waals surface area contributed by atoms with Crippen molar-refractivity contribution < 1.29 is 4.79 Å². The maximum absolute atomic E-state index is 11.5. The Morgan fingerprint density at radius 1 is 1.22 bits per heavy atom. The van der Waals surface area contributed by atoms with Crippen molar-refractivity contribution in [2.24, 2.45) is 0 Å². The molecule has 1 fully saturated rings. The van der Waals surface area contributed by atoms with Crippen LogP contribution in [0.15, 0.2) is 19.0 Å². The van der Waals surface area contributed by atoms with E-state index in [4.69, 9.17) is 0 Å². The van der Waals surface area contributed by atoms with Crippen LogP contribution < -0.4 is 15.5 Å². The summed E-state index contributed by atoms with van der Waals surface area (Å²) in [6, 6.07) is 0. The summed E-state index contributed by atoms with van der Waals surface area (Å²) in [5, 5.41) is 1.39. The van der Waals surface area contributed by atoms with Crippen molar-refractivity contribution in [2.45, 2.75) is 0 Å². The molecule has 2 rings (SSSR count). The minimum Gasteiger partial charge on any atom is -0.352 e. The van der Waals surface area contributed by atoms with E-state index in [-0.39, 0.29) is 5.91 Å². The molecule has 0 bridgehead atoms. The lowest BCUT2D eigenvalue weighted by molar-refractivity contribution is -0.126. The van der Waals surface area contributed by atoms with E-state index in [2.05, 4.69) is 34.6 Å². The monoisotopic (exact) mass is 244 g/mol. The summed E-state index contributed by atoms with van der Waals surface area (Å²) in [4.78, 5) is 23.6. The number of anilines is 1. The SMILES string of the molecule is C=CC(=O)N1CCN(c2ncnc(=C)c2=C)CC1. The Bertz CT molecular complexity index is 561. The van der Waals surface area contributed by atoms with Gasteiger partial charge in [0, 0.05) is 31.4 Å². The van der Waals surface area contributed by atoms with Crippen molar-refractivity contribution in [3.63, 3.8) is 0 Å². The maximum atomic E-state index is 11.5. The first kappa shape index (κ1) is 12.3. The summed E-state index contributed by atoms with van der Waals surface area (Å²) in [5.74, 6) is 0.783. The van der Waals surface area contributed by atoms with Crippen LogP contribution in [0.5, 0.6) is 0 Å². The Morgan fingerprint density at radius 3 is 2.50 bits per heavy atom. The summed E-state index contributed by atoms with van der Waals surface area (Å²) in [6.07, 6.45) is 2.84. The minimum absolute atomic E-state index is 0.0231. The number of nitrogens with zero attached hydrogens (tertiary/aromatic N) is 4. The highest BCUT2D eigenvalue weighted by Gasteiger charge is 2.20. The zero-order valence-corrected chi connectivity index (χ0v) is 10.3. The lowest BCUT2D eigenvalue weighted by Gasteiger charge is -2.35. The van der Waals surface area contributed by atoms with E-state index in [1.807, 2.05) is 0 Å². The summed E-state index contributed by atoms with van der Waals surface area (Å²) >= 11 is 0. The van der Waals surface area contributed by atoms with E-state index in [1.165, 1.54) is 12.4 Å². The maximum Gasteiger partial charge on any atom is 0.246 e. The first-order valence-corrected chi connectivity index (χ1v) is 5.78. The molecule has 0 saturated carbocycles. The van der Waals surface area contributed by atoms with Crippen LogP contribution in [-0.2, 0) is 4.79 Å². The van der Waals surface area contributed by atoms with Crippen LogP contribution >= 0.6 is 0 Å². The molecule has 94 valence electrons. The molecule has 0 aromatic carbocycles. The van der Waals surface area contributed by atoms with Gasteiger partial charge in [-0.05, 0) is 6.08 Å². The molecule has 1 amide bonds. The van der Waals surface area contributed by atoms with Crippen LogP contribution in [0.2, 0.25) is 0 Å². The van der Waals surface area contributed by atoms with E-state index in [9.17, 15) is 4.79 Å². The van der Waals surface area contributed by atoms with Crippen molar-refractivity contribution in [3.8, 4) is 0 Å². The quantitative estimate of drug-likeness (QED) is 0.635. The normalized spacial score (nSPS) is 15.6. The molecule has 0 unspecified atom stereocenters. The van der Waals surface area contributed by atoms with Crippen LogP contribution in [0.25, 0.3) is 13.2 Å². The van der Waals surface area contributed by atoms with Gasteiger partial charge >= 0.3 is 0 Å². The summed E-state index contributed by atoms with van der Waals surface area (Å²) in [5.41, 5.74) is 0. The fraction of sp³-hybridized carbons (Fsp3) is 0.308. The molecule has 0 radical (unpaired) electrons. The third-order valence-electron chi connectivity index (χ3n) is 3.08. The number of piperazine rings is 1. The minimum atomic E-state index is -0.0231. The number of hydrogen-bond acceptors (Lipinski definition) is 4. The second kappa shape index (κ2) is 5.00. The highest BCUT2D eigenvalue weighted by atomic mass is 16.2. The number of carbonyl (C=O) groups excluding carboxylic acids is 1. The standard InChI is InChI=1S/C13H16N4O/c1-4-12(18)16-5-7-17(8-6-16)13-10(2)11(3)14-9-15-13/h4,9H,1-3,5-8H2. The van der Waals surface area contributed by atoms with E-state index < -0.39 is 0 Å². The lowest BCUT2D eigenvalue weighted by Crippen LogP contribution is -2.50. The second-order valence-electron chi connectivity index (χ2n) is 4.14. The van der Waals surface area contributed by atoms with Gasteiger partial charge in [-0.3, -0.25) is 4.79 Å². The average Bonchev–Trinajstić information content (AvgIpc) is 2.41. The van der Waals surface area contributed by atoms with Gasteiger partial charge in [0.05, 0.1) is 5.35 Å². The van der Waals surface area contributed by atoms with E-state index >= 15 is 0 Å². The van der Waals surface area contributed by atoms with Crippen LogP contribution in [0, 0.1) is 0 Å². The second-order valence-corrected chi connectivity index (χ2v) is 4.14. The molecule has 5 nitrogen and oxygen atoms in total. The molecule has 0 aliphatic carbocycles. The van der Waals surface area contributed by atoms with Gasteiger partial charge in [0.2, 0.25) is 5.91 Å². The molecule has 1 aromatic heterocycles. The fourth-order valence-corrected chi connectivity index (χ4v) is 1.98. The Morgan fingerprint density at radius 2 is 1.89 bits per heavy atom. The van der Waals surface area contributed by atoms with Crippen molar-refractivity contribution in [2.75, 3.05) is 31.1 Å². The molecule has 0 spiro atoms. The van der Waals surface area contributed by atoms with Gasteiger partial charge in [0.25, 0.3) is 0 Å². The molecule has 1 aromatic rings. The highest BCUT2D eigenvalue weighted by molar-refractivity contribution is 5.87. The van der Waals surface area contributed by atoms with Gasteiger partial charge < -0.3 is 9.80 Å². The lowest BCUT2D eigenvalue weighted by atomic mass is 10.3. The van der Waals surface area contributed by atoms with Crippen molar-refractivity contribution in [3.05, 3.63) is 29.6 Å². The van der Waals surface area contributed by atoms with Gasteiger partial charge in [-0.25, -0.2) is 9.97 Å². The van der Waals surface area contributed by atoms with E-state index in [0.717, 1.165) is 24.1 Å². The molecule has 0 atom stereocenters. The third-order valence-corrected chi connectivity index (χ3v) is 3.08. The first-order chi connectivity index (χ1) is 8.63. The highest BCUT2D eigenvalue weighted by Crippen LogP contribution is 2.07. The zero-order chi connectivity index (χ0) is 13.1. The predicted molar refractivity (Wildman–Crippen MR) is 71.3 cm³/mol. The van der Waals surface area contributed by atoms with E-state index in [1.54, 1.807) is 4.90 Å². The van der Waals surface area contributed by atoms with Crippen LogP contribution in [0.4, 0.5) is 5.82 Å². The largest absolute Gasteiger partial charge is 0.352 e. The topological polar surface area (TPSA) is 49.3 Å². The Balaban J connectivity index is 2.13. The van der Waals surface area contributed by atoms with Gasteiger partial charge in [-0.1, -0.05) is 19.7 Å². The number of aromatic nitrogens is 2. The molecular weight excluding hydrogens is 228 g/mol. The number of rotatable bonds is 2. The number of carbonyl (C=O) groups is 1. The van der Waals surface area contributed by atoms with Crippen LogP contribution in [0.1, 0.15) is 0 Å². The van der Waals surface area contributed by atoms with Gasteiger partial charge in [0.1, 0.15) is 12.1 Å². The smallest absolute Gasteiger partial charge is 0.246 e. The molecule has 1 aliphatic rings. The van der Waals surface area contributed by atoms with Crippen molar-refractivity contribution in [1.29, 1.82) is 0 Å².